The number of aromatic nitrogens is 2. The van der Waals surface area contributed by atoms with Gasteiger partial charge in [-0.2, -0.15) is 16.9 Å². The van der Waals surface area contributed by atoms with Crippen molar-refractivity contribution in [1.29, 1.82) is 0 Å². The van der Waals surface area contributed by atoms with E-state index in [4.69, 9.17) is 9.84 Å². The molecule has 0 aromatic carbocycles. The predicted octanol–water partition coefficient (Wildman–Crippen LogP) is 3.17. The number of rotatable bonds is 3. The summed E-state index contributed by atoms with van der Waals surface area (Å²) in [6.45, 7) is 6.95. The van der Waals surface area contributed by atoms with Gasteiger partial charge in [-0.1, -0.05) is 6.92 Å². The first-order valence-corrected chi connectivity index (χ1v) is 9.17. The van der Waals surface area contributed by atoms with Gasteiger partial charge in [0.05, 0.1) is 23.4 Å². The van der Waals surface area contributed by atoms with Gasteiger partial charge in [-0.25, -0.2) is 0 Å². The Morgan fingerprint density at radius 3 is 3.00 bits per heavy atom. The number of thioether (sulfide) groups is 1. The molecule has 1 aromatic rings. The molecule has 3 heterocycles. The van der Waals surface area contributed by atoms with Gasteiger partial charge >= 0.3 is 0 Å². The Kier molecular flexibility index (Phi) is 4.35. The second-order valence-electron chi connectivity index (χ2n) is 6.43. The first-order chi connectivity index (χ1) is 10.1. The van der Waals surface area contributed by atoms with Crippen molar-refractivity contribution in [2.75, 3.05) is 18.1 Å². The lowest BCUT2D eigenvalue weighted by atomic mass is 9.90. The van der Waals surface area contributed by atoms with Gasteiger partial charge in [-0.15, -0.1) is 0 Å². The molecule has 0 radical (unpaired) electrons. The van der Waals surface area contributed by atoms with Crippen molar-refractivity contribution >= 4 is 11.8 Å². The molecule has 118 valence electrons. The average Bonchev–Trinajstić information content (AvgIpc) is 3.03. The van der Waals surface area contributed by atoms with E-state index in [1.807, 2.05) is 25.6 Å². The van der Waals surface area contributed by atoms with Crippen LogP contribution in [0.15, 0.2) is 0 Å². The third kappa shape index (κ3) is 2.76. The van der Waals surface area contributed by atoms with E-state index in [9.17, 15) is 5.11 Å². The van der Waals surface area contributed by atoms with Gasteiger partial charge in [0.15, 0.2) is 0 Å². The van der Waals surface area contributed by atoms with E-state index in [-0.39, 0.29) is 5.60 Å². The number of hydrogen-bond donors (Lipinski definition) is 1. The first-order valence-electron chi connectivity index (χ1n) is 8.01. The van der Waals surface area contributed by atoms with E-state index in [1.165, 1.54) is 5.75 Å². The number of hydrogen-bond acceptors (Lipinski definition) is 4. The minimum atomic E-state index is -0.394. The summed E-state index contributed by atoms with van der Waals surface area (Å²) in [6.07, 6.45) is 3.59. The molecule has 1 spiro atoms. The van der Waals surface area contributed by atoms with Gasteiger partial charge in [0, 0.05) is 23.6 Å². The maximum Gasteiger partial charge on any atom is 0.0823 e. The smallest absolute Gasteiger partial charge is 0.0823 e. The van der Waals surface area contributed by atoms with Crippen molar-refractivity contribution in [3.63, 3.8) is 0 Å². The van der Waals surface area contributed by atoms with Gasteiger partial charge in [-0.3, -0.25) is 4.68 Å². The van der Waals surface area contributed by atoms with Crippen molar-refractivity contribution in [2.24, 2.45) is 0 Å². The Labute approximate surface area is 131 Å². The maximum atomic E-state index is 10.2. The molecule has 0 bridgehead atoms. The first kappa shape index (κ1) is 15.4. The zero-order chi connectivity index (χ0) is 15.0. The molecule has 4 nitrogen and oxygen atoms in total. The summed E-state index contributed by atoms with van der Waals surface area (Å²) >= 11 is 2.00. The molecule has 2 saturated heterocycles. The van der Waals surface area contributed by atoms with Gasteiger partial charge in [0.25, 0.3) is 0 Å². The maximum absolute atomic E-state index is 10.2. The van der Waals surface area contributed by atoms with Gasteiger partial charge in [-0.05, 0) is 45.3 Å². The van der Waals surface area contributed by atoms with Crippen molar-refractivity contribution in [3.05, 3.63) is 17.0 Å². The van der Waals surface area contributed by atoms with Crippen LogP contribution < -0.4 is 0 Å². The van der Waals surface area contributed by atoms with Crippen molar-refractivity contribution in [2.45, 2.75) is 64.2 Å². The Balaban J connectivity index is 1.86. The van der Waals surface area contributed by atoms with Crippen LogP contribution in [0.4, 0.5) is 0 Å². The summed E-state index contributed by atoms with van der Waals surface area (Å²) in [5, 5.41) is 15.0. The number of ether oxygens (including phenoxy) is 1. The van der Waals surface area contributed by atoms with Gasteiger partial charge in [0.1, 0.15) is 0 Å². The number of aryl methyl sites for hydroxylation is 1. The fourth-order valence-electron chi connectivity index (χ4n) is 3.79. The summed E-state index contributed by atoms with van der Waals surface area (Å²) in [5.74, 6) is 2.33. The Bertz CT molecular complexity index is 509. The molecular formula is C16H26N2O2S. The van der Waals surface area contributed by atoms with Crippen LogP contribution >= 0.6 is 11.8 Å². The second kappa shape index (κ2) is 5.94. The van der Waals surface area contributed by atoms with Crippen molar-refractivity contribution < 1.29 is 9.84 Å². The summed E-state index contributed by atoms with van der Waals surface area (Å²) < 4.78 is 8.28. The zero-order valence-corrected chi connectivity index (χ0v) is 14.1. The Morgan fingerprint density at radius 2 is 2.33 bits per heavy atom. The lowest BCUT2D eigenvalue weighted by Crippen LogP contribution is -2.41. The highest BCUT2D eigenvalue weighted by molar-refractivity contribution is 7.99. The molecule has 1 aromatic heterocycles. The fourth-order valence-corrected chi connectivity index (χ4v) is 5.17. The van der Waals surface area contributed by atoms with E-state index in [2.05, 4.69) is 11.6 Å². The lowest BCUT2D eigenvalue weighted by Gasteiger charge is -2.38. The third-order valence-corrected chi connectivity index (χ3v) is 6.20. The molecular weight excluding hydrogens is 284 g/mol. The molecule has 5 heteroatoms. The minimum Gasteiger partial charge on any atom is -0.388 e. The molecule has 0 saturated carbocycles. The highest BCUT2D eigenvalue weighted by atomic mass is 32.2. The van der Waals surface area contributed by atoms with Gasteiger partial charge < -0.3 is 9.84 Å². The van der Waals surface area contributed by atoms with Crippen LogP contribution in [0.1, 0.15) is 61.7 Å². The van der Waals surface area contributed by atoms with E-state index < -0.39 is 6.10 Å². The molecule has 3 rings (SSSR count). The molecule has 2 aliphatic rings. The van der Waals surface area contributed by atoms with Crippen molar-refractivity contribution in [3.8, 4) is 0 Å². The average molecular weight is 310 g/mol. The largest absolute Gasteiger partial charge is 0.388 e. The minimum absolute atomic E-state index is 0.0728. The predicted molar refractivity (Wildman–Crippen MR) is 85.8 cm³/mol. The van der Waals surface area contributed by atoms with E-state index >= 15 is 0 Å². The Morgan fingerprint density at radius 1 is 1.52 bits per heavy atom. The Hall–Kier alpha value is -0.520. The third-order valence-electron chi connectivity index (χ3n) is 4.98. The quantitative estimate of drug-likeness (QED) is 0.931. The van der Waals surface area contributed by atoms with Crippen LogP contribution in [0.3, 0.4) is 0 Å². The topological polar surface area (TPSA) is 47.3 Å². The second-order valence-corrected chi connectivity index (χ2v) is 7.54. The molecule has 2 aliphatic heterocycles. The summed E-state index contributed by atoms with van der Waals surface area (Å²) in [4.78, 5) is 0. The lowest BCUT2D eigenvalue weighted by molar-refractivity contribution is -0.0781. The summed E-state index contributed by atoms with van der Waals surface area (Å²) in [7, 11) is 0. The van der Waals surface area contributed by atoms with E-state index in [1.54, 1.807) is 0 Å². The molecule has 3 atom stereocenters. The number of aliphatic hydroxyl groups is 1. The zero-order valence-electron chi connectivity index (χ0n) is 13.3. The van der Waals surface area contributed by atoms with Crippen LogP contribution in [0.25, 0.3) is 0 Å². The molecule has 21 heavy (non-hydrogen) atoms. The summed E-state index contributed by atoms with van der Waals surface area (Å²) in [6, 6.07) is 0.411. The van der Waals surface area contributed by atoms with Crippen LogP contribution in [0.5, 0.6) is 0 Å². The molecule has 1 N–H and O–H groups in total. The monoisotopic (exact) mass is 310 g/mol. The molecule has 2 fully saturated rings. The van der Waals surface area contributed by atoms with E-state index in [0.29, 0.717) is 6.04 Å². The fraction of sp³-hybridized carbons (Fsp3) is 0.812. The van der Waals surface area contributed by atoms with Crippen LogP contribution in [-0.2, 0) is 4.74 Å². The normalized spacial score (nSPS) is 31.0. The van der Waals surface area contributed by atoms with Crippen LogP contribution in [-0.4, -0.2) is 38.6 Å². The van der Waals surface area contributed by atoms with Gasteiger partial charge in [0.2, 0.25) is 0 Å². The van der Waals surface area contributed by atoms with Crippen molar-refractivity contribution in [1.82, 2.24) is 9.78 Å². The molecule has 0 aliphatic carbocycles. The molecule has 3 unspecified atom stereocenters. The summed E-state index contributed by atoms with van der Waals surface area (Å²) in [5.41, 5.74) is 3.21. The SMILES string of the molecule is CCC(O)c1c(C)nn(C2CCOC3(CCSC3)C2)c1C. The van der Waals surface area contributed by atoms with Crippen LogP contribution in [0, 0.1) is 13.8 Å². The highest BCUT2D eigenvalue weighted by Gasteiger charge is 2.41. The number of nitrogens with zero attached hydrogens (tertiary/aromatic N) is 2. The molecule has 0 amide bonds. The van der Waals surface area contributed by atoms with E-state index in [0.717, 1.165) is 55.0 Å². The highest BCUT2D eigenvalue weighted by Crippen LogP contribution is 2.42. The standard InChI is InChI=1S/C16H26N2O2S/c1-4-14(19)15-11(2)17-18(12(15)3)13-5-7-20-16(9-13)6-8-21-10-16/h13-14,19H,4-10H2,1-3H3. The number of aliphatic hydroxyl groups excluding tert-OH is 1. The van der Waals surface area contributed by atoms with Crippen LogP contribution in [0.2, 0.25) is 0 Å².